The molecule has 0 aliphatic carbocycles. The molecule has 0 bridgehead atoms. The van der Waals surface area contributed by atoms with Gasteiger partial charge < -0.3 is 10.2 Å². The van der Waals surface area contributed by atoms with Crippen molar-refractivity contribution in [3.05, 3.63) is 72.8 Å². The minimum Gasteiger partial charge on any atom is -0.357 e. The van der Waals surface area contributed by atoms with Crippen LogP contribution in [0.5, 0.6) is 5.75 Å². The van der Waals surface area contributed by atoms with E-state index in [1.165, 1.54) is 0 Å². The quantitative estimate of drug-likeness (QED) is 0.407. The summed E-state index contributed by atoms with van der Waals surface area (Å²) in [6.07, 6.45) is 0. The second-order valence-corrected chi connectivity index (χ2v) is 6.26. The van der Waals surface area contributed by atoms with Gasteiger partial charge in [0.15, 0.2) is 11.4 Å². The highest BCUT2D eigenvalue weighted by molar-refractivity contribution is 5.78. The molecule has 4 rings (SSSR count). The molecule has 0 saturated carbocycles. The summed E-state index contributed by atoms with van der Waals surface area (Å²) >= 11 is 0. The van der Waals surface area contributed by atoms with Gasteiger partial charge in [-0.1, -0.05) is 29.4 Å². The van der Waals surface area contributed by atoms with Gasteiger partial charge in [0.05, 0.1) is 11.4 Å². The molecule has 4 aromatic rings. The number of hydrogen-bond donors (Lipinski definition) is 1. The fourth-order valence-electron chi connectivity index (χ4n) is 2.66. The van der Waals surface area contributed by atoms with Crippen molar-refractivity contribution in [1.82, 2.24) is 14.6 Å². The number of nitrogens with one attached hydrogen (secondary N) is 1. The number of pyridine rings is 1. The number of oxime groups is 1. The predicted octanol–water partition coefficient (Wildman–Crippen LogP) is 4.91. The van der Waals surface area contributed by atoms with E-state index in [-0.39, 0.29) is 0 Å². The summed E-state index contributed by atoms with van der Waals surface area (Å²) in [6, 6.07) is 23.5. The van der Waals surface area contributed by atoms with Gasteiger partial charge in [0.2, 0.25) is 5.95 Å². The van der Waals surface area contributed by atoms with Crippen LogP contribution < -0.4 is 10.2 Å². The summed E-state index contributed by atoms with van der Waals surface area (Å²) < 4.78 is 1.83. The molecule has 0 saturated heterocycles. The average molecular weight is 357 g/mol. The Balaban J connectivity index is 1.65. The van der Waals surface area contributed by atoms with Crippen LogP contribution in [0, 0.1) is 0 Å². The van der Waals surface area contributed by atoms with Crippen molar-refractivity contribution in [2.45, 2.75) is 13.8 Å². The van der Waals surface area contributed by atoms with Crippen LogP contribution in [0.25, 0.3) is 16.9 Å². The number of benzene rings is 2. The van der Waals surface area contributed by atoms with Crippen LogP contribution in [0.2, 0.25) is 0 Å². The first-order valence-corrected chi connectivity index (χ1v) is 8.65. The maximum absolute atomic E-state index is 5.36. The summed E-state index contributed by atoms with van der Waals surface area (Å²) in [5.74, 6) is 1.25. The summed E-state index contributed by atoms with van der Waals surface area (Å²) in [4.78, 5) is 9.92. The Morgan fingerprint density at radius 1 is 0.926 bits per heavy atom. The van der Waals surface area contributed by atoms with Crippen LogP contribution in [0.3, 0.4) is 0 Å². The van der Waals surface area contributed by atoms with E-state index < -0.39 is 0 Å². The lowest BCUT2D eigenvalue weighted by Gasteiger charge is -2.05. The lowest BCUT2D eigenvalue weighted by atomic mass is 10.1. The number of hydrogen-bond acceptors (Lipinski definition) is 5. The molecule has 2 heterocycles. The van der Waals surface area contributed by atoms with Gasteiger partial charge in [-0.25, -0.2) is 4.52 Å². The molecule has 0 radical (unpaired) electrons. The third-order valence-electron chi connectivity index (χ3n) is 3.87. The van der Waals surface area contributed by atoms with Crippen LogP contribution in [0.4, 0.5) is 11.6 Å². The van der Waals surface area contributed by atoms with Gasteiger partial charge in [0, 0.05) is 11.3 Å². The van der Waals surface area contributed by atoms with Crippen LogP contribution in [-0.2, 0) is 0 Å². The van der Waals surface area contributed by atoms with Gasteiger partial charge in [-0.15, -0.1) is 5.10 Å². The number of anilines is 2. The van der Waals surface area contributed by atoms with Gasteiger partial charge in [-0.05, 0) is 62.4 Å². The van der Waals surface area contributed by atoms with Crippen molar-refractivity contribution in [2.75, 3.05) is 5.32 Å². The molecule has 6 nitrogen and oxygen atoms in total. The SMILES string of the molecule is CC(C)=NOc1ccc(-c2cccc3nc(Nc4ccccc4)nn23)cc1. The zero-order valence-electron chi connectivity index (χ0n) is 15.1. The highest BCUT2D eigenvalue weighted by Gasteiger charge is 2.09. The number of nitrogens with zero attached hydrogens (tertiary/aromatic N) is 4. The molecule has 0 amide bonds. The van der Waals surface area contributed by atoms with Crippen LogP contribution in [0.15, 0.2) is 78.0 Å². The standard InChI is InChI=1S/C21H19N5O/c1-15(2)25-27-18-13-11-16(12-14-18)19-9-6-10-20-23-21(24-26(19)20)22-17-7-4-3-5-8-17/h3-14H,1-2H3,(H,22,24). The Hall–Kier alpha value is -3.67. The zero-order valence-corrected chi connectivity index (χ0v) is 15.1. The zero-order chi connectivity index (χ0) is 18.6. The van der Waals surface area contributed by atoms with Crippen molar-refractivity contribution in [1.29, 1.82) is 0 Å². The molecule has 2 aromatic heterocycles. The number of para-hydroxylation sites is 1. The maximum atomic E-state index is 5.36. The molecule has 0 fully saturated rings. The third-order valence-corrected chi connectivity index (χ3v) is 3.87. The third kappa shape index (κ3) is 3.79. The number of rotatable bonds is 5. The topological polar surface area (TPSA) is 63.8 Å². The molecule has 2 aromatic carbocycles. The van der Waals surface area contributed by atoms with E-state index in [2.05, 4.69) is 20.6 Å². The van der Waals surface area contributed by atoms with Gasteiger partial charge in [0.25, 0.3) is 0 Å². The molecule has 0 aliphatic heterocycles. The first-order valence-electron chi connectivity index (χ1n) is 8.65. The Kier molecular flexibility index (Phi) is 4.53. The lowest BCUT2D eigenvalue weighted by Crippen LogP contribution is -1.95. The lowest BCUT2D eigenvalue weighted by molar-refractivity contribution is 0.341. The molecule has 6 heteroatoms. The molecule has 134 valence electrons. The predicted molar refractivity (Wildman–Crippen MR) is 108 cm³/mol. The van der Waals surface area contributed by atoms with E-state index in [4.69, 9.17) is 4.84 Å². The Morgan fingerprint density at radius 2 is 1.70 bits per heavy atom. The molecule has 27 heavy (non-hydrogen) atoms. The number of fused-ring (bicyclic) bond motifs is 1. The van der Waals surface area contributed by atoms with Gasteiger partial charge in [0.1, 0.15) is 0 Å². The molecule has 0 aliphatic rings. The first kappa shape index (κ1) is 16.8. The number of aromatic nitrogens is 3. The van der Waals surface area contributed by atoms with E-state index in [0.29, 0.717) is 11.7 Å². The fourth-order valence-corrected chi connectivity index (χ4v) is 2.66. The van der Waals surface area contributed by atoms with E-state index in [1.54, 1.807) is 0 Å². The largest absolute Gasteiger partial charge is 0.357 e. The molecule has 1 N–H and O–H groups in total. The highest BCUT2D eigenvalue weighted by atomic mass is 16.6. The van der Waals surface area contributed by atoms with Gasteiger partial charge >= 0.3 is 0 Å². The van der Waals surface area contributed by atoms with Crippen molar-refractivity contribution in [3.8, 4) is 17.0 Å². The summed E-state index contributed by atoms with van der Waals surface area (Å²) in [7, 11) is 0. The van der Waals surface area contributed by atoms with Crippen molar-refractivity contribution in [3.63, 3.8) is 0 Å². The minimum atomic E-state index is 0.557. The van der Waals surface area contributed by atoms with Crippen molar-refractivity contribution < 1.29 is 4.84 Å². The fraction of sp³-hybridized carbons (Fsp3) is 0.0952. The first-order chi connectivity index (χ1) is 13.2. The normalized spacial score (nSPS) is 10.6. The second kappa shape index (κ2) is 7.29. The summed E-state index contributed by atoms with van der Waals surface area (Å²) in [5, 5.41) is 11.8. The Bertz CT molecular complexity index is 1080. The Labute approximate surface area is 157 Å². The molecular formula is C21H19N5O. The van der Waals surface area contributed by atoms with E-state index >= 15 is 0 Å². The highest BCUT2D eigenvalue weighted by Crippen LogP contribution is 2.24. The van der Waals surface area contributed by atoms with Crippen LogP contribution >= 0.6 is 0 Å². The van der Waals surface area contributed by atoms with Gasteiger partial charge in [-0.2, -0.15) is 4.98 Å². The summed E-state index contributed by atoms with van der Waals surface area (Å²) in [6.45, 7) is 3.78. The second-order valence-electron chi connectivity index (χ2n) is 6.26. The summed E-state index contributed by atoms with van der Waals surface area (Å²) in [5.41, 5.74) is 4.55. The monoisotopic (exact) mass is 357 g/mol. The van der Waals surface area contributed by atoms with E-state index in [1.807, 2.05) is 91.2 Å². The van der Waals surface area contributed by atoms with E-state index in [0.717, 1.165) is 28.3 Å². The molecule has 0 spiro atoms. The Morgan fingerprint density at radius 3 is 2.44 bits per heavy atom. The smallest absolute Gasteiger partial charge is 0.247 e. The average Bonchev–Trinajstić information content (AvgIpc) is 3.10. The van der Waals surface area contributed by atoms with Crippen LogP contribution in [-0.4, -0.2) is 20.3 Å². The maximum Gasteiger partial charge on any atom is 0.247 e. The van der Waals surface area contributed by atoms with Crippen molar-refractivity contribution >= 4 is 23.0 Å². The molecule has 0 atom stereocenters. The van der Waals surface area contributed by atoms with Crippen molar-refractivity contribution in [2.24, 2.45) is 5.16 Å². The van der Waals surface area contributed by atoms with Gasteiger partial charge in [-0.3, -0.25) is 0 Å². The molecule has 0 unspecified atom stereocenters. The minimum absolute atomic E-state index is 0.557. The van der Waals surface area contributed by atoms with E-state index in [9.17, 15) is 0 Å². The van der Waals surface area contributed by atoms with Crippen LogP contribution in [0.1, 0.15) is 13.8 Å². The molecular weight excluding hydrogens is 338 g/mol.